The normalized spacial score (nSPS) is 14.9. The van der Waals surface area contributed by atoms with E-state index in [0.29, 0.717) is 6.42 Å². The minimum Gasteiger partial charge on any atom is -0.372 e. The summed E-state index contributed by atoms with van der Waals surface area (Å²) in [7, 11) is -3.80. The summed E-state index contributed by atoms with van der Waals surface area (Å²) in [6.45, 7) is 0.857. The van der Waals surface area contributed by atoms with Gasteiger partial charge in [-0.2, -0.15) is 13.2 Å². The Balaban J connectivity index is 1.51. The molecule has 0 radical (unpaired) electrons. The minimum atomic E-state index is -4.52. The number of benzene rings is 2. The minimum absolute atomic E-state index is 0.0537. The van der Waals surface area contributed by atoms with Gasteiger partial charge >= 0.3 is 6.18 Å². The van der Waals surface area contributed by atoms with Crippen LogP contribution < -0.4 is 14.9 Å². The Labute approximate surface area is 185 Å². The first-order chi connectivity index (χ1) is 15.1. The first-order valence-corrected chi connectivity index (χ1v) is 11.9. The van der Waals surface area contributed by atoms with Crippen molar-refractivity contribution < 1.29 is 26.4 Å². The lowest BCUT2D eigenvalue weighted by Crippen LogP contribution is -2.33. The van der Waals surface area contributed by atoms with E-state index >= 15 is 0 Å². The summed E-state index contributed by atoms with van der Waals surface area (Å²) in [5.74, 6) is -0.924. The molecule has 2 aromatic rings. The number of sulfonamides is 1. The van der Waals surface area contributed by atoms with E-state index in [-0.39, 0.29) is 17.0 Å². The number of anilines is 1. The fraction of sp³-hybridized carbons (Fsp3) is 0.409. The number of alkyl halides is 3. The number of carbonyl (C=O) groups excluding carboxylic acids is 1. The van der Waals surface area contributed by atoms with Gasteiger partial charge in [0.1, 0.15) is 6.54 Å². The molecule has 0 unspecified atom stereocenters. The molecule has 0 saturated carbocycles. The molecule has 0 spiro atoms. The van der Waals surface area contributed by atoms with E-state index in [4.69, 9.17) is 0 Å². The van der Waals surface area contributed by atoms with Crippen molar-refractivity contribution >= 4 is 21.6 Å². The Morgan fingerprint density at radius 3 is 2.16 bits per heavy atom. The molecule has 0 bridgehead atoms. The molecule has 0 aromatic heterocycles. The zero-order valence-electron chi connectivity index (χ0n) is 17.5. The molecule has 0 atom stereocenters. The smallest absolute Gasteiger partial charge is 0.372 e. The van der Waals surface area contributed by atoms with E-state index in [1.54, 1.807) is 5.32 Å². The highest BCUT2D eigenvalue weighted by Gasteiger charge is 2.28. The number of hydrogen-bond acceptors (Lipinski definition) is 4. The molecule has 2 N–H and O–H groups in total. The maximum atomic E-state index is 12.5. The van der Waals surface area contributed by atoms with E-state index in [9.17, 15) is 26.4 Å². The lowest BCUT2D eigenvalue weighted by atomic mass is 10.1. The molecule has 1 aliphatic rings. The molecular weight excluding hydrogens is 443 g/mol. The van der Waals surface area contributed by atoms with Gasteiger partial charge < -0.3 is 10.2 Å². The largest absolute Gasteiger partial charge is 0.405 e. The van der Waals surface area contributed by atoms with Gasteiger partial charge in [0.2, 0.25) is 10.0 Å². The quantitative estimate of drug-likeness (QED) is 0.621. The molecule has 1 saturated heterocycles. The summed E-state index contributed by atoms with van der Waals surface area (Å²) in [6.07, 6.45) is -0.345. The Hall–Kier alpha value is -2.59. The summed E-state index contributed by atoms with van der Waals surface area (Å²) >= 11 is 0. The first kappa shape index (κ1) is 24.1. The summed E-state index contributed by atoms with van der Waals surface area (Å²) in [5, 5.41) is 1.74. The molecule has 3 rings (SSSR count). The summed E-state index contributed by atoms with van der Waals surface area (Å²) in [6, 6.07) is 12.8. The fourth-order valence-electron chi connectivity index (χ4n) is 3.51. The number of hydrogen-bond donors (Lipinski definition) is 2. The van der Waals surface area contributed by atoms with Crippen molar-refractivity contribution in [3.63, 3.8) is 0 Å². The Kier molecular flexibility index (Phi) is 7.78. The number of carbonyl (C=O) groups is 1. The van der Waals surface area contributed by atoms with Gasteiger partial charge in [0.15, 0.2) is 0 Å². The molecule has 2 aromatic carbocycles. The van der Waals surface area contributed by atoms with Gasteiger partial charge in [-0.05, 0) is 67.6 Å². The van der Waals surface area contributed by atoms with Crippen LogP contribution in [0.25, 0.3) is 0 Å². The van der Waals surface area contributed by atoms with Crippen LogP contribution in [-0.2, 0) is 16.4 Å². The topological polar surface area (TPSA) is 78.5 Å². The van der Waals surface area contributed by atoms with Crippen molar-refractivity contribution in [2.24, 2.45) is 0 Å². The van der Waals surface area contributed by atoms with Gasteiger partial charge in [-0.15, -0.1) is 0 Å². The van der Waals surface area contributed by atoms with Crippen LogP contribution >= 0.6 is 0 Å². The maximum Gasteiger partial charge on any atom is 0.405 e. The first-order valence-electron chi connectivity index (χ1n) is 10.4. The van der Waals surface area contributed by atoms with Crippen molar-refractivity contribution in [3.8, 4) is 0 Å². The van der Waals surface area contributed by atoms with Crippen LogP contribution in [-0.4, -0.2) is 46.7 Å². The summed E-state index contributed by atoms with van der Waals surface area (Å²) in [4.78, 5) is 14.0. The second-order valence-electron chi connectivity index (χ2n) is 7.68. The van der Waals surface area contributed by atoms with Crippen LogP contribution in [0.4, 0.5) is 18.9 Å². The predicted octanol–water partition coefficient (Wildman–Crippen LogP) is 3.49. The third kappa shape index (κ3) is 6.96. The van der Waals surface area contributed by atoms with Crippen LogP contribution in [0.3, 0.4) is 0 Å². The lowest BCUT2D eigenvalue weighted by molar-refractivity contribution is -0.123. The van der Waals surface area contributed by atoms with Crippen molar-refractivity contribution in [1.82, 2.24) is 10.0 Å². The number of rotatable bonds is 8. The molecule has 6 nitrogen and oxygen atoms in total. The van der Waals surface area contributed by atoms with Crippen molar-refractivity contribution in [2.75, 3.05) is 31.1 Å². The van der Waals surface area contributed by atoms with Crippen molar-refractivity contribution in [2.45, 2.75) is 36.8 Å². The molecule has 1 fully saturated rings. The maximum absolute atomic E-state index is 12.5. The number of amides is 1. The number of halogens is 3. The molecule has 32 heavy (non-hydrogen) atoms. The molecule has 174 valence electrons. The Morgan fingerprint density at radius 1 is 0.938 bits per heavy atom. The Morgan fingerprint density at radius 2 is 1.56 bits per heavy atom. The summed E-state index contributed by atoms with van der Waals surface area (Å²) in [5.41, 5.74) is 2.13. The molecule has 1 aliphatic heterocycles. The van der Waals surface area contributed by atoms with Crippen molar-refractivity contribution in [1.29, 1.82) is 0 Å². The van der Waals surface area contributed by atoms with E-state index in [2.05, 4.69) is 21.8 Å². The van der Waals surface area contributed by atoms with Gasteiger partial charge in [0, 0.05) is 30.9 Å². The van der Waals surface area contributed by atoms with Gasteiger partial charge in [-0.25, -0.2) is 13.1 Å². The molecule has 0 aliphatic carbocycles. The van der Waals surface area contributed by atoms with E-state index in [1.807, 2.05) is 12.1 Å². The second kappa shape index (κ2) is 10.4. The summed E-state index contributed by atoms with van der Waals surface area (Å²) < 4.78 is 64.0. The van der Waals surface area contributed by atoms with Crippen LogP contribution in [0.5, 0.6) is 0 Å². The fourth-order valence-corrected chi connectivity index (χ4v) is 4.54. The van der Waals surface area contributed by atoms with E-state index in [1.165, 1.54) is 49.2 Å². The third-order valence-electron chi connectivity index (χ3n) is 5.24. The van der Waals surface area contributed by atoms with Gasteiger partial charge in [0.05, 0.1) is 4.90 Å². The van der Waals surface area contributed by atoms with Gasteiger partial charge in [0.25, 0.3) is 5.91 Å². The second-order valence-corrected chi connectivity index (χ2v) is 9.45. The van der Waals surface area contributed by atoms with Crippen LogP contribution in [0.2, 0.25) is 0 Å². The molecular formula is C22H26F3N3O3S. The highest BCUT2D eigenvalue weighted by atomic mass is 32.2. The highest BCUT2D eigenvalue weighted by molar-refractivity contribution is 7.89. The van der Waals surface area contributed by atoms with Crippen LogP contribution in [0, 0.1) is 0 Å². The van der Waals surface area contributed by atoms with Crippen LogP contribution in [0.15, 0.2) is 53.4 Å². The molecule has 10 heteroatoms. The third-order valence-corrected chi connectivity index (χ3v) is 6.72. The monoisotopic (exact) mass is 469 g/mol. The molecule has 1 amide bonds. The average molecular weight is 470 g/mol. The van der Waals surface area contributed by atoms with Crippen molar-refractivity contribution in [3.05, 3.63) is 59.7 Å². The average Bonchev–Trinajstić information content (AvgIpc) is 2.78. The van der Waals surface area contributed by atoms with Gasteiger partial charge in [-0.1, -0.05) is 12.1 Å². The SMILES string of the molecule is O=C(NCC(F)(F)F)c1ccc(S(=O)(=O)NCCc2ccc(N3CCCCC3)cc2)cc1. The van der Waals surface area contributed by atoms with E-state index in [0.717, 1.165) is 18.7 Å². The molecule has 1 heterocycles. The number of nitrogens with zero attached hydrogens (tertiary/aromatic N) is 1. The lowest BCUT2D eigenvalue weighted by Gasteiger charge is -2.28. The Bertz CT molecular complexity index is 1000. The number of nitrogens with one attached hydrogen (secondary N) is 2. The van der Waals surface area contributed by atoms with Gasteiger partial charge in [-0.3, -0.25) is 4.79 Å². The van der Waals surface area contributed by atoms with Crippen LogP contribution in [0.1, 0.15) is 35.2 Å². The zero-order chi connectivity index (χ0) is 23.2. The standard InChI is InChI=1S/C22H26F3N3O3S/c23-22(24,25)16-26-21(29)18-6-10-20(11-7-18)32(30,31)27-13-12-17-4-8-19(9-5-17)28-14-2-1-3-15-28/h4-11,27H,1-3,12-16H2,(H,26,29). The highest BCUT2D eigenvalue weighted by Crippen LogP contribution is 2.20. The number of piperidine rings is 1. The van der Waals surface area contributed by atoms with E-state index < -0.39 is 28.7 Å². The zero-order valence-corrected chi connectivity index (χ0v) is 18.3. The predicted molar refractivity (Wildman–Crippen MR) is 116 cm³/mol.